The quantitative estimate of drug-likeness (QED) is 0.545. The summed E-state index contributed by atoms with van der Waals surface area (Å²) in [6.45, 7) is 2.40. The highest BCUT2D eigenvalue weighted by molar-refractivity contribution is 5.83. The second-order valence-electron chi connectivity index (χ2n) is 8.79. The summed E-state index contributed by atoms with van der Waals surface area (Å²) in [5.41, 5.74) is -1.45. The zero-order valence-corrected chi connectivity index (χ0v) is 17.8. The van der Waals surface area contributed by atoms with Crippen LogP contribution in [0.4, 0.5) is 17.6 Å². The number of hydrogen-bond donors (Lipinski definition) is 2. The lowest BCUT2D eigenvalue weighted by Crippen LogP contribution is -2.53. The highest BCUT2D eigenvalue weighted by Gasteiger charge is 2.48. The fourth-order valence-corrected chi connectivity index (χ4v) is 3.50. The summed E-state index contributed by atoms with van der Waals surface area (Å²) >= 11 is 0. The maximum atomic E-state index is 14.4. The van der Waals surface area contributed by atoms with Crippen molar-refractivity contribution in [2.24, 2.45) is 0 Å². The fraction of sp³-hybridized carbons (Fsp3) is 0.417. The Bertz CT molecular complexity index is 972. The number of hydrogen-bond acceptors (Lipinski definition) is 3. The van der Waals surface area contributed by atoms with E-state index in [-0.39, 0.29) is 5.56 Å². The van der Waals surface area contributed by atoms with E-state index in [1.807, 2.05) is 36.4 Å². The molecule has 1 amide bonds. The molecule has 0 heterocycles. The predicted octanol–water partition coefficient (Wildman–Crippen LogP) is 5.23. The molecule has 2 aromatic rings. The molecule has 0 bridgehead atoms. The second-order valence-corrected chi connectivity index (χ2v) is 8.79. The molecule has 1 aliphatic rings. The van der Waals surface area contributed by atoms with Gasteiger partial charge in [0, 0.05) is 6.42 Å². The topological polar surface area (TPSA) is 64.9 Å². The van der Waals surface area contributed by atoms with Crippen molar-refractivity contribution < 1.29 is 22.4 Å². The molecular weight excluding hydrogens is 422 g/mol. The predicted molar refractivity (Wildman–Crippen MR) is 113 cm³/mol. The van der Waals surface area contributed by atoms with E-state index in [2.05, 4.69) is 10.6 Å². The minimum atomic E-state index is -4.72. The van der Waals surface area contributed by atoms with Crippen LogP contribution >= 0.6 is 0 Å². The van der Waals surface area contributed by atoms with Crippen LogP contribution in [-0.4, -0.2) is 29.3 Å². The lowest BCUT2D eigenvalue weighted by Gasteiger charge is -2.30. The van der Waals surface area contributed by atoms with Gasteiger partial charge < -0.3 is 5.32 Å². The second kappa shape index (κ2) is 8.91. The van der Waals surface area contributed by atoms with Crippen LogP contribution in [0.5, 0.6) is 0 Å². The minimum absolute atomic E-state index is 0.0898. The van der Waals surface area contributed by atoms with Crippen molar-refractivity contribution in [1.82, 2.24) is 10.6 Å². The van der Waals surface area contributed by atoms with E-state index in [9.17, 15) is 27.6 Å². The molecule has 0 saturated heterocycles. The molecule has 32 heavy (non-hydrogen) atoms. The van der Waals surface area contributed by atoms with Crippen LogP contribution in [0.25, 0.3) is 11.1 Å². The average molecular weight is 447 g/mol. The Labute approximate surface area is 184 Å². The third kappa shape index (κ3) is 6.07. The van der Waals surface area contributed by atoms with Gasteiger partial charge >= 0.3 is 6.18 Å². The molecule has 1 aliphatic carbocycles. The van der Waals surface area contributed by atoms with Crippen molar-refractivity contribution in [2.75, 3.05) is 0 Å². The van der Waals surface area contributed by atoms with E-state index in [1.54, 1.807) is 12.1 Å². The van der Waals surface area contributed by atoms with E-state index < -0.39 is 41.8 Å². The first-order chi connectivity index (χ1) is 14.9. The zero-order chi connectivity index (χ0) is 23.6. The molecule has 2 N–H and O–H groups in total. The van der Waals surface area contributed by atoms with Gasteiger partial charge in [0.1, 0.15) is 17.2 Å². The summed E-state index contributed by atoms with van der Waals surface area (Å²) in [5, 5.41) is 14.0. The lowest BCUT2D eigenvalue weighted by molar-refractivity contribution is -0.161. The number of halogens is 4. The summed E-state index contributed by atoms with van der Waals surface area (Å²) in [5.74, 6) is -0.815. The van der Waals surface area contributed by atoms with Crippen LogP contribution in [0.1, 0.15) is 44.7 Å². The third-order valence-corrected chi connectivity index (χ3v) is 5.38. The Morgan fingerprint density at radius 3 is 2.06 bits per heavy atom. The number of nitrogens with one attached hydrogen (secondary N) is 2. The van der Waals surface area contributed by atoms with Gasteiger partial charge in [-0.1, -0.05) is 54.6 Å². The molecule has 0 aromatic heterocycles. The molecule has 0 unspecified atom stereocenters. The molecule has 3 rings (SSSR count). The van der Waals surface area contributed by atoms with Crippen molar-refractivity contribution in [3.8, 4) is 17.2 Å². The summed E-state index contributed by atoms with van der Waals surface area (Å²) in [7, 11) is 0. The van der Waals surface area contributed by atoms with Gasteiger partial charge in [0.2, 0.25) is 5.91 Å². The van der Waals surface area contributed by atoms with Gasteiger partial charge in [-0.25, -0.2) is 4.39 Å². The molecule has 0 radical (unpaired) electrons. The standard InChI is InChI=1S/C24H25F4N3O/c1-22(2,25)14-19(21(32)31-23(15-29)12-13-23)30-20(24(26,27)28)18-10-8-17(9-11-18)16-6-4-3-5-7-16/h3-11,19-20,30H,12-14H2,1-2H3,(H,31,32)/t19-,20-/m0/s1. The van der Waals surface area contributed by atoms with Gasteiger partial charge in [-0.05, 0) is 43.4 Å². The smallest absolute Gasteiger partial charge is 0.336 e. The Morgan fingerprint density at radius 1 is 1.03 bits per heavy atom. The number of carbonyl (C=O) groups is 1. The van der Waals surface area contributed by atoms with Gasteiger partial charge in [-0.3, -0.25) is 10.1 Å². The first kappa shape index (κ1) is 23.7. The highest BCUT2D eigenvalue weighted by atomic mass is 19.4. The van der Waals surface area contributed by atoms with E-state index in [1.165, 1.54) is 26.0 Å². The molecule has 1 saturated carbocycles. The van der Waals surface area contributed by atoms with E-state index in [0.717, 1.165) is 11.1 Å². The molecule has 170 valence electrons. The van der Waals surface area contributed by atoms with Crippen molar-refractivity contribution in [3.63, 3.8) is 0 Å². The van der Waals surface area contributed by atoms with Gasteiger partial charge in [0.05, 0.1) is 12.1 Å². The summed E-state index contributed by atoms with van der Waals surface area (Å²) in [6, 6.07) is 13.4. The lowest BCUT2D eigenvalue weighted by atomic mass is 9.96. The largest absolute Gasteiger partial charge is 0.407 e. The molecule has 2 aromatic carbocycles. The SMILES string of the molecule is CC(C)(F)C[C@H](N[C@@H](c1ccc(-c2ccccc2)cc1)C(F)(F)F)C(=O)NC1(C#N)CC1. The molecule has 0 spiro atoms. The van der Waals surface area contributed by atoms with Crippen LogP contribution in [0, 0.1) is 11.3 Å². The molecule has 2 atom stereocenters. The van der Waals surface area contributed by atoms with Gasteiger partial charge in [0.25, 0.3) is 0 Å². The normalized spacial score (nSPS) is 17.2. The van der Waals surface area contributed by atoms with Gasteiger partial charge in [-0.15, -0.1) is 0 Å². The number of amides is 1. The summed E-state index contributed by atoms with van der Waals surface area (Å²) in [6.07, 6.45) is -4.36. The van der Waals surface area contributed by atoms with Crippen LogP contribution in [0.2, 0.25) is 0 Å². The Hall–Kier alpha value is -2.92. The van der Waals surface area contributed by atoms with Crippen LogP contribution in [-0.2, 0) is 4.79 Å². The molecule has 0 aliphatic heterocycles. The number of carbonyl (C=O) groups excluding carboxylic acids is 1. The highest BCUT2D eigenvalue weighted by Crippen LogP contribution is 2.37. The Kier molecular flexibility index (Phi) is 6.61. The molecule has 8 heteroatoms. The number of benzene rings is 2. The summed E-state index contributed by atoms with van der Waals surface area (Å²) < 4.78 is 56.2. The van der Waals surface area contributed by atoms with Crippen molar-refractivity contribution >= 4 is 5.91 Å². The Morgan fingerprint density at radius 2 is 1.59 bits per heavy atom. The van der Waals surface area contributed by atoms with Gasteiger partial charge in [-0.2, -0.15) is 18.4 Å². The number of nitriles is 1. The number of alkyl halides is 4. The van der Waals surface area contributed by atoms with Crippen molar-refractivity contribution in [3.05, 3.63) is 60.2 Å². The van der Waals surface area contributed by atoms with E-state index in [0.29, 0.717) is 12.8 Å². The molecule has 1 fully saturated rings. The number of nitrogens with zero attached hydrogens (tertiary/aromatic N) is 1. The van der Waals surface area contributed by atoms with Gasteiger partial charge in [0.15, 0.2) is 0 Å². The van der Waals surface area contributed by atoms with Crippen molar-refractivity contribution in [2.45, 2.75) is 62.6 Å². The minimum Gasteiger partial charge on any atom is -0.336 e. The zero-order valence-electron chi connectivity index (χ0n) is 17.8. The number of rotatable bonds is 8. The first-order valence-corrected chi connectivity index (χ1v) is 10.3. The monoisotopic (exact) mass is 447 g/mol. The van der Waals surface area contributed by atoms with E-state index in [4.69, 9.17) is 0 Å². The maximum Gasteiger partial charge on any atom is 0.407 e. The average Bonchev–Trinajstić information content (AvgIpc) is 3.50. The van der Waals surface area contributed by atoms with Crippen LogP contribution < -0.4 is 10.6 Å². The fourth-order valence-electron chi connectivity index (χ4n) is 3.50. The summed E-state index contributed by atoms with van der Waals surface area (Å²) in [4.78, 5) is 12.7. The third-order valence-electron chi connectivity index (χ3n) is 5.38. The maximum absolute atomic E-state index is 14.4. The van der Waals surface area contributed by atoms with Crippen LogP contribution in [0.3, 0.4) is 0 Å². The molecule has 4 nitrogen and oxygen atoms in total. The van der Waals surface area contributed by atoms with E-state index >= 15 is 0 Å². The van der Waals surface area contributed by atoms with Crippen molar-refractivity contribution in [1.29, 1.82) is 5.26 Å². The first-order valence-electron chi connectivity index (χ1n) is 10.3. The molecular formula is C24H25F4N3O. The Balaban J connectivity index is 1.86. The van der Waals surface area contributed by atoms with Crippen LogP contribution in [0.15, 0.2) is 54.6 Å².